The van der Waals surface area contributed by atoms with E-state index in [2.05, 4.69) is 22.1 Å². The first-order valence-electron chi connectivity index (χ1n) is 6.86. The van der Waals surface area contributed by atoms with Crippen molar-refractivity contribution in [3.8, 4) is 0 Å². The molecule has 1 aliphatic rings. The van der Waals surface area contributed by atoms with Gasteiger partial charge in [-0.2, -0.15) is 4.98 Å². The molecule has 102 valence electrons. The number of fused-ring (bicyclic) bond motifs is 1. The summed E-state index contributed by atoms with van der Waals surface area (Å²) in [5.74, 6) is 0. The first-order valence-corrected chi connectivity index (χ1v) is 6.86. The van der Waals surface area contributed by atoms with Crippen molar-refractivity contribution in [2.75, 3.05) is 30.7 Å². The fourth-order valence-electron chi connectivity index (χ4n) is 2.56. The minimum Gasteiger partial charge on any atom is -0.423 e. The number of nitrogen functional groups attached to an aromatic ring is 1. The molecule has 1 aromatic carbocycles. The zero-order valence-electron chi connectivity index (χ0n) is 11.2. The number of nitrogens with two attached hydrogens (primary N) is 1. The Hall–Kier alpha value is -1.75. The zero-order valence-corrected chi connectivity index (χ0v) is 11.2. The number of nitrogens with one attached hydrogen (secondary N) is 1. The second-order valence-electron chi connectivity index (χ2n) is 5.22. The van der Waals surface area contributed by atoms with E-state index >= 15 is 0 Å². The molecule has 1 atom stereocenters. The number of nitrogens with zero attached hydrogens (tertiary/aromatic N) is 2. The van der Waals surface area contributed by atoms with E-state index in [1.54, 1.807) is 6.07 Å². The lowest BCUT2D eigenvalue weighted by Crippen LogP contribution is -2.35. The fourth-order valence-corrected chi connectivity index (χ4v) is 2.56. The van der Waals surface area contributed by atoms with Gasteiger partial charge in [0.05, 0.1) is 0 Å². The number of hydrogen-bond donors (Lipinski definition) is 2. The topological polar surface area (TPSA) is 67.3 Å². The van der Waals surface area contributed by atoms with Crippen LogP contribution in [0, 0.1) is 0 Å². The van der Waals surface area contributed by atoms with E-state index in [0.29, 0.717) is 17.7 Å². The average molecular weight is 260 g/mol. The average Bonchev–Trinajstić information content (AvgIpc) is 3.04. The van der Waals surface area contributed by atoms with Crippen LogP contribution in [0.25, 0.3) is 11.1 Å². The molecule has 1 fully saturated rings. The Morgan fingerprint density at radius 3 is 3.00 bits per heavy atom. The highest BCUT2D eigenvalue weighted by Gasteiger charge is 2.18. The van der Waals surface area contributed by atoms with E-state index in [9.17, 15) is 0 Å². The van der Waals surface area contributed by atoms with Crippen LogP contribution in [0.3, 0.4) is 0 Å². The van der Waals surface area contributed by atoms with Gasteiger partial charge in [-0.25, -0.2) is 0 Å². The van der Waals surface area contributed by atoms with Crippen molar-refractivity contribution in [1.82, 2.24) is 9.88 Å². The smallest absolute Gasteiger partial charge is 0.295 e. The Morgan fingerprint density at radius 1 is 1.42 bits per heavy atom. The van der Waals surface area contributed by atoms with Gasteiger partial charge < -0.3 is 15.5 Å². The predicted molar refractivity (Wildman–Crippen MR) is 77.2 cm³/mol. The van der Waals surface area contributed by atoms with Crippen molar-refractivity contribution in [2.45, 2.75) is 25.8 Å². The molecule has 1 unspecified atom stereocenters. The SMILES string of the molecule is CC(CNc1nc2ccc(N)cc2o1)N1CCCC1. The van der Waals surface area contributed by atoms with Crippen LogP contribution >= 0.6 is 0 Å². The molecule has 2 aromatic rings. The van der Waals surface area contributed by atoms with Gasteiger partial charge in [-0.1, -0.05) is 0 Å². The summed E-state index contributed by atoms with van der Waals surface area (Å²) in [5, 5.41) is 3.27. The molecule has 0 amide bonds. The van der Waals surface area contributed by atoms with Gasteiger partial charge in [0.2, 0.25) is 0 Å². The minimum atomic E-state index is 0.502. The lowest BCUT2D eigenvalue weighted by Gasteiger charge is -2.23. The molecule has 1 aromatic heterocycles. The molecule has 0 saturated carbocycles. The number of likely N-dealkylation sites (tertiary alicyclic amines) is 1. The van der Waals surface area contributed by atoms with Crippen LogP contribution in [0.1, 0.15) is 19.8 Å². The lowest BCUT2D eigenvalue weighted by atomic mass is 10.3. The highest BCUT2D eigenvalue weighted by Crippen LogP contribution is 2.21. The molecule has 5 nitrogen and oxygen atoms in total. The third-order valence-electron chi connectivity index (χ3n) is 3.73. The van der Waals surface area contributed by atoms with Gasteiger partial charge in [0.1, 0.15) is 5.52 Å². The first-order chi connectivity index (χ1) is 9.22. The van der Waals surface area contributed by atoms with Crippen LogP contribution in [0.4, 0.5) is 11.7 Å². The summed E-state index contributed by atoms with van der Waals surface area (Å²) in [6.45, 7) is 5.49. The Morgan fingerprint density at radius 2 is 2.21 bits per heavy atom. The van der Waals surface area contributed by atoms with Crippen LogP contribution in [-0.4, -0.2) is 35.6 Å². The largest absolute Gasteiger partial charge is 0.423 e. The van der Waals surface area contributed by atoms with Gasteiger partial charge in [0.25, 0.3) is 6.01 Å². The highest BCUT2D eigenvalue weighted by molar-refractivity contribution is 5.78. The zero-order chi connectivity index (χ0) is 13.2. The van der Waals surface area contributed by atoms with Crippen LogP contribution < -0.4 is 11.1 Å². The summed E-state index contributed by atoms with van der Waals surface area (Å²) in [4.78, 5) is 6.89. The standard InChI is InChI=1S/C14H20N4O/c1-10(18-6-2-3-7-18)9-16-14-17-12-5-4-11(15)8-13(12)19-14/h4-5,8,10H,2-3,6-7,9,15H2,1H3,(H,16,17). The second kappa shape index (κ2) is 5.09. The molecule has 0 bridgehead atoms. The van der Waals surface area contributed by atoms with Crippen molar-refractivity contribution in [1.29, 1.82) is 0 Å². The summed E-state index contributed by atoms with van der Waals surface area (Å²) in [6.07, 6.45) is 2.62. The minimum absolute atomic E-state index is 0.502. The summed E-state index contributed by atoms with van der Waals surface area (Å²) >= 11 is 0. The molecule has 0 spiro atoms. The Bertz CT molecular complexity index is 560. The Kier molecular flexibility index (Phi) is 3.29. The molecule has 3 N–H and O–H groups in total. The summed E-state index contributed by atoms with van der Waals surface area (Å²) in [5.41, 5.74) is 7.99. The van der Waals surface area contributed by atoms with Gasteiger partial charge >= 0.3 is 0 Å². The van der Waals surface area contributed by atoms with Crippen molar-refractivity contribution in [3.05, 3.63) is 18.2 Å². The third-order valence-corrected chi connectivity index (χ3v) is 3.73. The number of hydrogen-bond acceptors (Lipinski definition) is 5. The maximum atomic E-state index is 5.72. The fraction of sp³-hybridized carbons (Fsp3) is 0.500. The highest BCUT2D eigenvalue weighted by atomic mass is 16.4. The van der Waals surface area contributed by atoms with E-state index < -0.39 is 0 Å². The van der Waals surface area contributed by atoms with E-state index in [0.717, 1.165) is 17.6 Å². The number of aromatic nitrogens is 1. The molecular weight excluding hydrogens is 240 g/mol. The van der Waals surface area contributed by atoms with Crippen LogP contribution in [-0.2, 0) is 0 Å². The van der Waals surface area contributed by atoms with Crippen molar-refractivity contribution in [3.63, 3.8) is 0 Å². The molecule has 3 rings (SSSR count). The predicted octanol–water partition coefficient (Wildman–Crippen LogP) is 2.31. The number of oxazole rings is 1. The third kappa shape index (κ3) is 2.66. The summed E-state index contributed by atoms with van der Waals surface area (Å²) in [7, 11) is 0. The maximum Gasteiger partial charge on any atom is 0.295 e. The summed E-state index contributed by atoms with van der Waals surface area (Å²) < 4.78 is 5.64. The first kappa shape index (κ1) is 12.3. The van der Waals surface area contributed by atoms with Crippen LogP contribution in [0.2, 0.25) is 0 Å². The van der Waals surface area contributed by atoms with Gasteiger partial charge in [-0.15, -0.1) is 0 Å². The molecule has 19 heavy (non-hydrogen) atoms. The lowest BCUT2D eigenvalue weighted by molar-refractivity contribution is 0.268. The second-order valence-corrected chi connectivity index (χ2v) is 5.22. The normalized spacial score (nSPS) is 17.9. The number of benzene rings is 1. The van der Waals surface area contributed by atoms with Crippen molar-refractivity contribution >= 4 is 22.8 Å². The van der Waals surface area contributed by atoms with E-state index in [1.165, 1.54) is 25.9 Å². The molecular formula is C14H20N4O. The Labute approximate surface area is 112 Å². The number of anilines is 2. The van der Waals surface area contributed by atoms with Crippen molar-refractivity contribution < 1.29 is 4.42 Å². The monoisotopic (exact) mass is 260 g/mol. The van der Waals surface area contributed by atoms with Gasteiger partial charge in [-0.3, -0.25) is 4.90 Å². The molecule has 0 aliphatic carbocycles. The molecule has 1 saturated heterocycles. The molecule has 0 radical (unpaired) electrons. The van der Waals surface area contributed by atoms with Gasteiger partial charge in [0, 0.05) is 24.3 Å². The van der Waals surface area contributed by atoms with Crippen LogP contribution in [0.5, 0.6) is 0 Å². The van der Waals surface area contributed by atoms with Crippen LogP contribution in [0.15, 0.2) is 22.6 Å². The molecule has 2 heterocycles. The van der Waals surface area contributed by atoms with Gasteiger partial charge in [0.15, 0.2) is 5.58 Å². The van der Waals surface area contributed by atoms with E-state index in [-0.39, 0.29) is 0 Å². The quantitative estimate of drug-likeness (QED) is 0.826. The number of rotatable bonds is 4. The molecule has 5 heteroatoms. The summed E-state index contributed by atoms with van der Waals surface area (Å²) in [6, 6.07) is 6.59. The van der Waals surface area contributed by atoms with Crippen molar-refractivity contribution in [2.24, 2.45) is 0 Å². The Balaban J connectivity index is 1.64. The van der Waals surface area contributed by atoms with E-state index in [4.69, 9.17) is 10.2 Å². The van der Waals surface area contributed by atoms with E-state index in [1.807, 2.05) is 12.1 Å². The van der Waals surface area contributed by atoms with Gasteiger partial charge in [-0.05, 0) is 45.0 Å². The maximum absolute atomic E-state index is 5.72. The molecule has 1 aliphatic heterocycles.